The van der Waals surface area contributed by atoms with E-state index in [0.29, 0.717) is 0 Å². The first-order chi connectivity index (χ1) is 4.56. The molecule has 0 saturated carbocycles. The molecular formula is C5H12O3S2. The van der Waals surface area contributed by atoms with Gasteiger partial charge in [-0.2, -0.15) is 4.21 Å². The van der Waals surface area contributed by atoms with Gasteiger partial charge < -0.3 is 0 Å². The molecule has 0 radical (unpaired) electrons. The van der Waals surface area contributed by atoms with Gasteiger partial charge in [-0.05, 0) is 6.42 Å². The van der Waals surface area contributed by atoms with Crippen LogP contribution in [0.2, 0.25) is 0 Å². The Bertz CT molecular complexity index is 162. The summed E-state index contributed by atoms with van der Waals surface area (Å²) in [5.41, 5.74) is 0. The number of hydrogen-bond donors (Lipinski definition) is 1. The van der Waals surface area contributed by atoms with Gasteiger partial charge >= 0.3 is 0 Å². The van der Waals surface area contributed by atoms with Crippen LogP contribution in [0.25, 0.3) is 0 Å². The van der Waals surface area contributed by atoms with Gasteiger partial charge in [0, 0.05) is 11.2 Å². The standard InChI is InChI=1S/C5H12O3S2/c1-2-3-4-5-8-10(6,7)9/h2-5H2,1H3,(H,6,7,9). The lowest BCUT2D eigenvalue weighted by Crippen LogP contribution is -2.02. The van der Waals surface area contributed by atoms with Crippen molar-refractivity contribution in [1.29, 1.82) is 0 Å². The molecule has 0 bridgehead atoms. The van der Waals surface area contributed by atoms with Gasteiger partial charge in [0.05, 0.1) is 6.61 Å². The summed E-state index contributed by atoms with van der Waals surface area (Å²) in [6.45, 7) is 2.33. The molecule has 5 heteroatoms. The molecule has 0 saturated heterocycles. The van der Waals surface area contributed by atoms with Gasteiger partial charge in [0.15, 0.2) is 0 Å². The molecule has 1 N–H and O–H groups in total. The van der Waals surface area contributed by atoms with Crippen molar-refractivity contribution in [3.63, 3.8) is 0 Å². The molecule has 1 unspecified atom stereocenters. The zero-order valence-corrected chi connectivity index (χ0v) is 7.54. The average Bonchev–Trinajstić information content (AvgIpc) is 1.78. The largest absolute Gasteiger partial charge is 0.285 e. The van der Waals surface area contributed by atoms with E-state index in [9.17, 15) is 4.21 Å². The second-order valence-electron chi connectivity index (χ2n) is 1.96. The maximum Gasteiger partial charge on any atom is 0.266 e. The normalized spacial score (nSPS) is 16.6. The minimum Gasteiger partial charge on any atom is -0.285 e. The molecule has 1 atom stereocenters. The van der Waals surface area contributed by atoms with Crippen molar-refractivity contribution in [3.8, 4) is 0 Å². The Labute approximate surface area is 66.5 Å². The highest BCUT2D eigenvalue weighted by atomic mass is 32.9. The van der Waals surface area contributed by atoms with Gasteiger partial charge in [0.25, 0.3) is 9.05 Å². The zero-order chi connectivity index (χ0) is 8.04. The first-order valence-electron chi connectivity index (χ1n) is 3.18. The fourth-order valence-electron chi connectivity index (χ4n) is 0.516. The van der Waals surface area contributed by atoms with E-state index in [4.69, 9.17) is 4.55 Å². The summed E-state index contributed by atoms with van der Waals surface area (Å²) in [7, 11) is -3.37. The van der Waals surface area contributed by atoms with E-state index in [-0.39, 0.29) is 6.61 Å². The van der Waals surface area contributed by atoms with Crippen LogP contribution in [-0.4, -0.2) is 15.4 Å². The molecule has 0 aliphatic carbocycles. The highest BCUT2D eigenvalue weighted by Gasteiger charge is 1.97. The highest BCUT2D eigenvalue weighted by molar-refractivity contribution is 8.27. The molecule has 62 valence electrons. The monoisotopic (exact) mass is 184 g/mol. The van der Waals surface area contributed by atoms with Crippen LogP contribution in [0, 0.1) is 0 Å². The molecule has 0 spiro atoms. The Morgan fingerprint density at radius 1 is 1.60 bits per heavy atom. The Morgan fingerprint density at radius 2 is 2.20 bits per heavy atom. The van der Waals surface area contributed by atoms with Crippen molar-refractivity contribution in [2.45, 2.75) is 26.2 Å². The molecule has 10 heavy (non-hydrogen) atoms. The Kier molecular flexibility index (Phi) is 5.15. The molecular weight excluding hydrogens is 172 g/mol. The molecule has 0 rings (SSSR count). The van der Waals surface area contributed by atoms with Gasteiger partial charge in [0.2, 0.25) is 0 Å². The second-order valence-corrected chi connectivity index (χ2v) is 4.31. The summed E-state index contributed by atoms with van der Waals surface area (Å²) in [6, 6.07) is 0. The fourth-order valence-corrected chi connectivity index (χ4v) is 1.05. The van der Waals surface area contributed by atoms with Gasteiger partial charge in [-0.25, -0.2) is 0 Å². The fraction of sp³-hybridized carbons (Fsp3) is 1.00. The number of unbranched alkanes of at least 4 members (excludes halogenated alkanes) is 2. The highest BCUT2D eigenvalue weighted by Crippen LogP contribution is 1.96. The third-order valence-corrected chi connectivity index (χ3v) is 1.73. The van der Waals surface area contributed by atoms with Crippen LogP contribution >= 0.6 is 0 Å². The quantitative estimate of drug-likeness (QED) is 0.655. The smallest absolute Gasteiger partial charge is 0.266 e. The molecule has 0 amide bonds. The Morgan fingerprint density at radius 3 is 2.60 bits per heavy atom. The second kappa shape index (κ2) is 5.01. The van der Waals surface area contributed by atoms with Crippen LogP contribution in [0.4, 0.5) is 0 Å². The van der Waals surface area contributed by atoms with Gasteiger partial charge in [-0.15, -0.1) is 0 Å². The lowest BCUT2D eigenvalue weighted by molar-refractivity contribution is 0.295. The van der Waals surface area contributed by atoms with Crippen molar-refractivity contribution in [3.05, 3.63) is 0 Å². The molecule has 3 nitrogen and oxygen atoms in total. The van der Waals surface area contributed by atoms with E-state index in [1.165, 1.54) is 0 Å². The van der Waals surface area contributed by atoms with E-state index in [1.807, 2.05) is 6.92 Å². The summed E-state index contributed by atoms with van der Waals surface area (Å²) in [6.07, 6.45) is 2.86. The number of rotatable bonds is 5. The Hall–Kier alpha value is 0.290. The van der Waals surface area contributed by atoms with E-state index < -0.39 is 9.05 Å². The lowest BCUT2D eigenvalue weighted by atomic mass is 10.3. The van der Waals surface area contributed by atoms with Crippen molar-refractivity contribution in [2.75, 3.05) is 6.61 Å². The minimum atomic E-state index is -3.37. The molecule has 0 fully saturated rings. The molecule has 0 aromatic heterocycles. The van der Waals surface area contributed by atoms with E-state index in [1.54, 1.807) is 0 Å². The van der Waals surface area contributed by atoms with E-state index >= 15 is 0 Å². The third-order valence-electron chi connectivity index (χ3n) is 0.980. The molecule has 0 aromatic carbocycles. The first kappa shape index (κ1) is 10.3. The summed E-state index contributed by atoms with van der Waals surface area (Å²) in [5, 5.41) is 0. The Balaban J connectivity index is 3.21. The van der Waals surface area contributed by atoms with Crippen LogP contribution in [0.5, 0.6) is 0 Å². The van der Waals surface area contributed by atoms with Crippen LogP contribution in [0.15, 0.2) is 0 Å². The summed E-state index contributed by atoms with van der Waals surface area (Å²) in [4.78, 5) is 0. The van der Waals surface area contributed by atoms with Gasteiger partial charge in [-0.3, -0.25) is 8.74 Å². The van der Waals surface area contributed by atoms with Gasteiger partial charge in [0.1, 0.15) is 0 Å². The third kappa shape index (κ3) is 8.29. The predicted octanol–water partition coefficient (Wildman–Crippen LogP) is 1.33. The van der Waals surface area contributed by atoms with Crippen LogP contribution < -0.4 is 0 Å². The van der Waals surface area contributed by atoms with Gasteiger partial charge in [-0.1, -0.05) is 19.8 Å². The van der Waals surface area contributed by atoms with Crippen LogP contribution in [-0.2, 0) is 24.4 Å². The van der Waals surface area contributed by atoms with Crippen molar-refractivity contribution < 1.29 is 12.9 Å². The zero-order valence-electron chi connectivity index (χ0n) is 5.91. The molecule has 0 aliphatic heterocycles. The van der Waals surface area contributed by atoms with Crippen molar-refractivity contribution >= 4 is 20.2 Å². The molecule has 0 aliphatic rings. The van der Waals surface area contributed by atoms with Crippen LogP contribution in [0.1, 0.15) is 26.2 Å². The summed E-state index contributed by atoms with van der Waals surface area (Å²) < 4.78 is 23.2. The maximum absolute atomic E-state index is 10.3. The predicted molar refractivity (Wildman–Crippen MR) is 43.6 cm³/mol. The molecule has 0 heterocycles. The SMILES string of the molecule is CCCCCOS(=O)(O)=S. The van der Waals surface area contributed by atoms with E-state index in [2.05, 4.69) is 15.4 Å². The summed E-state index contributed by atoms with van der Waals surface area (Å²) >= 11 is 4.10. The maximum atomic E-state index is 10.3. The average molecular weight is 184 g/mol. The summed E-state index contributed by atoms with van der Waals surface area (Å²) in [5.74, 6) is 0. The molecule has 0 aromatic rings. The van der Waals surface area contributed by atoms with Crippen LogP contribution in [0.3, 0.4) is 0 Å². The minimum absolute atomic E-state index is 0.284. The topological polar surface area (TPSA) is 46.5 Å². The van der Waals surface area contributed by atoms with Crippen molar-refractivity contribution in [2.24, 2.45) is 0 Å². The van der Waals surface area contributed by atoms with Crippen molar-refractivity contribution in [1.82, 2.24) is 0 Å². The first-order valence-corrected chi connectivity index (χ1v) is 5.54. The number of hydrogen-bond acceptors (Lipinski definition) is 3. The van der Waals surface area contributed by atoms with E-state index in [0.717, 1.165) is 19.3 Å². The lowest BCUT2D eigenvalue weighted by Gasteiger charge is -1.99.